The maximum absolute atomic E-state index is 13.8. The zero-order valence-corrected chi connectivity index (χ0v) is 22.0. The second-order valence-electron chi connectivity index (χ2n) is 9.86. The second kappa shape index (κ2) is 10.5. The standard InChI is InChI=1S/C29H35N3O5/c1-5-36-24-12-11-19(15-25(24)35-4)28-27-21(20-9-6-7-10-22(20)30-27)16-23-29(34)31(17-26(33)32(23)28)13-8-14-37-18(2)3/h6-7,9-12,15,18,23,28,30H,5,8,13-14,16-17H2,1-4H3/t23-,28?/m0/s1. The van der Waals surface area contributed by atoms with E-state index < -0.39 is 12.1 Å². The van der Waals surface area contributed by atoms with Crippen molar-refractivity contribution in [3.63, 3.8) is 0 Å². The lowest BCUT2D eigenvalue weighted by atomic mass is 9.86. The number of carbonyl (C=O) groups is 2. The molecule has 8 heteroatoms. The van der Waals surface area contributed by atoms with Crippen LogP contribution in [0.15, 0.2) is 42.5 Å². The van der Waals surface area contributed by atoms with Crippen LogP contribution < -0.4 is 9.47 Å². The van der Waals surface area contributed by atoms with Crippen molar-refractivity contribution in [1.29, 1.82) is 0 Å². The molecule has 2 atom stereocenters. The van der Waals surface area contributed by atoms with E-state index >= 15 is 0 Å². The van der Waals surface area contributed by atoms with Crippen LogP contribution in [0, 0.1) is 0 Å². The van der Waals surface area contributed by atoms with Crippen molar-refractivity contribution < 1.29 is 23.8 Å². The number of para-hydroxylation sites is 1. The molecule has 1 saturated heterocycles. The summed E-state index contributed by atoms with van der Waals surface area (Å²) in [6.07, 6.45) is 1.31. The number of H-pyrrole nitrogens is 1. The lowest BCUT2D eigenvalue weighted by molar-refractivity contribution is -0.158. The Morgan fingerprint density at radius 3 is 2.68 bits per heavy atom. The third kappa shape index (κ3) is 4.66. The second-order valence-corrected chi connectivity index (χ2v) is 9.86. The number of piperazine rings is 1. The molecule has 0 radical (unpaired) electrons. The zero-order valence-electron chi connectivity index (χ0n) is 22.0. The SMILES string of the molecule is CCOc1ccc(C2c3[nH]c4ccccc4c3C[C@H]3C(=O)N(CCCOC(C)C)CC(=O)N23)cc1OC. The average Bonchev–Trinajstić information content (AvgIpc) is 3.27. The summed E-state index contributed by atoms with van der Waals surface area (Å²) < 4.78 is 17.0. The van der Waals surface area contributed by atoms with Crippen LogP contribution in [-0.4, -0.2) is 72.2 Å². The first kappa shape index (κ1) is 25.1. The van der Waals surface area contributed by atoms with Crippen molar-refractivity contribution in [3.05, 3.63) is 59.3 Å². The van der Waals surface area contributed by atoms with Gasteiger partial charge < -0.3 is 29.0 Å². The van der Waals surface area contributed by atoms with Gasteiger partial charge in [-0.3, -0.25) is 9.59 Å². The van der Waals surface area contributed by atoms with Gasteiger partial charge in [0.25, 0.3) is 0 Å². The van der Waals surface area contributed by atoms with Crippen LogP contribution in [0.5, 0.6) is 11.5 Å². The number of nitrogens with zero attached hydrogens (tertiary/aromatic N) is 2. The van der Waals surface area contributed by atoms with Crippen LogP contribution >= 0.6 is 0 Å². The molecule has 0 bridgehead atoms. The molecular weight excluding hydrogens is 470 g/mol. The van der Waals surface area contributed by atoms with E-state index in [0.29, 0.717) is 44.1 Å². The largest absolute Gasteiger partial charge is 0.493 e. The van der Waals surface area contributed by atoms with E-state index in [1.54, 1.807) is 16.9 Å². The minimum atomic E-state index is -0.568. The molecule has 2 amide bonds. The summed E-state index contributed by atoms with van der Waals surface area (Å²) in [6.45, 7) is 7.56. The monoisotopic (exact) mass is 505 g/mol. The van der Waals surface area contributed by atoms with Crippen LogP contribution in [0.2, 0.25) is 0 Å². The molecule has 2 aliphatic rings. The van der Waals surface area contributed by atoms with Crippen molar-refractivity contribution in [1.82, 2.24) is 14.8 Å². The van der Waals surface area contributed by atoms with Crippen molar-refractivity contribution in [2.45, 2.75) is 51.8 Å². The first-order chi connectivity index (χ1) is 17.9. The van der Waals surface area contributed by atoms with Gasteiger partial charge in [-0.2, -0.15) is 0 Å². The number of carbonyl (C=O) groups excluding carboxylic acids is 2. The molecule has 0 aliphatic carbocycles. The minimum Gasteiger partial charge on any atom is -0.493 e. The van der Waals surface area contributed by atoms with Gasteiger partial charge in [0.05, 0.1) is 32.4 Å². The topological polar surface area (TPSA) is 84.1 Å². The summed E-state index contributed by atoms with van der Waals surface area (Å²) in [5.41, 5.74) is 3.90. The number of methoxy groups -OCH3 is 1. The Bertz CT molecular complexity index is 1300. The quantitative estimate of drug-likeness (QED) is 0.443. The number of aromatic nitrogens is 1. The maximum Gasteiger partial charge on any atom is 0.246 e. The molecule has 1 unspecified atom stereocenters. The molecule has 2 aromatic carbocycles. The number of ether oxygens (including phenoxy) is 3. The smallest absolute Gasteiger partial charge is 0.246 e. The molecular formula is C29H35N3O5. The number of fused-ring (bicyclic) bond motifs is 4. The fraction of sp³-hybridized carbons (Fsp3) is 0.448. The third-order valence-electron chi connectivity index (χ3n) is 7.17. The summed E-state index contributed by atoms with van der Waals surface area (Å²) in [5, 5.41) is 1.09. The average molecular weight is 506 g/mol. The van der Waals surface area contributed by atoms with Gasteiger partial charge in [-0.15, -0.1) is 0 Å². The molecule has 1 N–H and O–H groups in total. The van der Waals surface area contributed by atoms with E-state index in [2.05, 4.69) is 11.1 Å². The fourth-order valence-electron chi connectivity index (χ4n) is 5.56. The first-order valence-corrected chi connectivity index (χ1v) is 13.0. The number of hydrogen-bond donors (Lipinski definition) is 1. The van der Waals surface area contributed by atoms with Crippen LogP contribution in [0.4, 0.5) is 0 Å². The van der Waals surface area contributed by atoms with Crippen LogP contribution in [0.25, 0.3) is 10.9 Å². The van der Waals surface area contributed by atoms with Gasteiger partial charge >= 0.3 is 0 Å². The molecule has 2 aliphatic heterocycles. The van der Waals surface area contributed by atoms with Crippen LogP contribution in [0.1, 0.15) is 50.1 Å². The fourth-order valence-corrected chi connectivity index (χ4v) is 5.56. The summed E-state index contributed by atoms with van der Waals surface area (Å²) >= 11 is 0. The molecule has 0 spiro atoms. The molecule has 1 fully saturated rings. The maximum atomic E-state index is 13.8. The minimum absolute atomic E-state index is 0.0111. The van der Waals surface area contributed by atoms with E-state index in [9.17, 15) is 9.59 Å². The molecule has 8 nitrogen and oxygen atoms in total. The number of hydrogen-bond acceptors (Lipinski definition) is 5. The highest BCUT2D eigenvalue weighted by Crippen LogP contribution is 2.44. The Morgan fingerprint density at radius 2 is 1.92 bits per heavy atom. The predicted octanol–water partition coefficient (Wildman–Crippen LogP) is 4.08. The number of aromatic amines is 1. The molecule has 3 heterocycles. The van der Waals surface area contributed by atoms with Gasteiger partial charge in [0, 0.05) is 36.2 Å². The first-order valence-electron chi connectivity index (χ1n) is 13.0. The highest BCUT2D eigenvalue weighted by atomic mass is 16.5. The highest BCUT2D eigenvalue weighted by Gasteiger charge is 2.48. The molecule has 196 valence electrons. The normalized spacial score (nSPS) is 19.4. The summed E-state index contributed by atoms with van der Waals surface area (Å²) in [5.74, 6) is 1.18. The summed E-state index contributed by atoms with van der Waals surface area (Å²) in [4.78, 5) is 34.5. The Kier molecular flexibility index (Phi) is 7.11. The number of rotatable bonds is 9. The van der Waals surface area contributed by atoms with E-state index in [1.807, 2.05) is 57.2 Å². The summed E-state index contributed by atoms with van der Waals surface area (Å²) in [6, 6.07) is 12.9. The zero-order chi connectivity index (χ0) is 26.1. The highest BCUT2D eigenvalue weighted by molar-refractivity contribution is 5.97. The lowest BCUT2D eigenvalue weighted by Crippen LogP contribution is -2.63. The van der Waals surface area contributed by atoms with Gasteiger partial charge in [0.15, 0.2) is 11.5 Å². The molecule has 1 aromatic heterocycles. The Balaban J connectivity index is 1.55. The molecule has 37 heavy (non-hydrogen) atoms. The van der Waals surface area contributed by atoms with Gasteiger partial charge in [-0.05, 0) is 56.5 Å². The van der Waals surface area contributed by atoms with E-state index in [0.717, 1.165) is 27.7 Å². The van der Waals surface area contributed by atoms with Crippen molar-refractivity contribution >= 4 is 22.7 Å². The summed E-state index contributed by atoms with van der Waals surface area (Å²) in [7, 11) is 1.61. The molecule has 3 aromatic rings. The number of benzene rings is 2. The van der Waals surface area contributed by atoms with E-state index in [-0.39, 0.29) is 24.5 Å². The van der Waals surface area contributed by atoms with Crippen molar-refractivity contribution in [2.75, 3.05) is 33.4 Å². The van der Waals surface area contributed by atoms with Crippen molar-refractivity contribution in [2.24, 2.45) is 0 Å². The number of nitrogens with one attached hydrogen (secondary N) is 1. The lowest BCUT2D eigenvalue weighted by Gasteiger charge is -2.47. The molecule has 0 saturated carbocycles. The Morgan fingerprint density at radius 1 is 1.11 bits per heavy atom. The third-order valence-corrected chi connectivity index (χ3v) is 7.17. The van der Waals surface area contributed by atoms with Crippen LogP contribution in [-0.2, 0) is 20.7 Å². The molecule has 5 rings (SSSR count). The van der Waals surface area contributed by atoms with Crippen molar-refractivity contribution in [3.8, 4) is 11.5 Å². The Hall–Kier alpha value is -3.52. The van der Waals surface area contributed by atoms with E-state index in [1.165, 1.54) is 0 Å². The van der Waals surface area contributed by atoms with Gasteiger partial charge in [-0.25, -0.2) is 0 Å². The van der Waals surface area contributed by atoms with Gasteiger partial charge in [0.1, 0.15) is 6.04 Å². The van der Waals surface area contributed by atoms with Crippen LogP contribution in [0.3, 0.4) is 0 Å². The van der Waals surface area contributed by atoms with Gasteiger partial charge in [0.2, 0.25) is 11.8 Å². The Labute approximate surface area is 217 Å². The van der Waals surface area contributed by atoms with Gasteiger partial charge in [-0.1, -0.05) is 24.3 Å². The van der Waals surface area contributed by atoms with E-state index in [4.69, 9.17) is 14.2 Å². The number of amides is 2. The predicted molar refractivity (Wildman–Crippen MR) is 141 cm³/mol.